The lowest BCUT2D eigenvalue weighted by atomic mass is 10.2. The molecule has 0 fully saturated rings. The number of likely N-dealkylation sites (N-methyl/N-ethyl adjacent to an activating group) is 1. The fraction of sp³-hybridized carbons (Fsp3) is 0.211. The Morgan fingerprint density at radius 2 is 2.04 bits per heavy atom. The van der Waals surface area contributed by atoms with Crippen molar-refractivity contribution in [3.63, 3.8) is 0 Å². The summed E-state index contributed by atoms with van der Waals surface area (Å²) in [5, 5.41) is 6.37. The van der Waals surface area contributed by atoms with Crippen LogP contribution in [0.4, 0.5) is 0 Å². The van der Waals surface area contributed by atoms with Gasteiger partial charge in [-0.1, -0.05) is 30.3 Å². The van der Waals surface area contributed by atoms with E-state index in [9.17, 15) is 4.79 Å². The monoisotopic (exact) mass is 365 g/mol. The number of aromatic nitrogens is 4. The Morgan fingerprint density at radius 3 is 2.85 bits per heavy atom. The number of hydrogen-bond acceptors (Lipinski definition) is 4. The van der Waals surface area contributed by atoms with Gasteiger partial charge >= 0.3 is 0 Å². The number of rotatable bonds is 6. The molecule has 0 atom stereocenters. The normalized spacial score (nSPS) is 11.1. The van der Waals surface area contributed by atoms with Crippen molar-refractivity contribution < 1.29 is 4.79 Å². The van der Waals surface area contributed by atoms with Gasteiger partial charge in [0.15, 0.2) is 4.96 Å². The molecule has 1 amide bonds. The topological polar surface area (TPSA) is 55.4 Å². The van der Waals surface area contributed by atoms with Gasteiger partial charge in [-0.15, -0.1) is 11.3 Å². The minimum Gasteiger partial charge on any atom is -0.341 e. The number of amides is 1. The maximum Gasteiger partial charge on any atom is 0.228 e. The van der Waals surface area contributed by atoms with Crippen LogP contribution in [0, 0.1) is 0 Å². The Hall–Kier alpha value is -2.93. The van der Waals surface area contributed by atoms with Gasteiger partial charge in [-0.2, -0.15) is 5.10 Å². The van der Waals surface area contributed by atoms with E-state index in [0.29, 0.717) is 13.0 Å². The molecule has 0 aliphatic rings. The molecule has 1 aromatic carbocycles. The lowest BCUT2D eigenvalue weighted by Gasteiger charge is -2.15. The first-order chi connectivity index (χ1) is 12.7. The second kappa shape index (κ2) is 7.13. The first kappa shape index (κ1) is 16.5. The summed E-state index contributed by atoms with van der Waals surface area (Å²) in [6.07, 6.45) is 7.98. The summed E-state index contributed by atoms with van der Waals surface area (Å²) in [7, 11) is 1.81. The molecule has 132 valence electrons. The molecule has 0 spiro atoms. The van der Waals surface area contributed by atoms with Crippen LogP contribution in [0.3, 0.4) is 0 Å². The molecule has 0 saturated carbocycles. The summed E-state index contributed by atoms with van der Waals surface area (Å²) in [4.78, 5) is 19.6. The van der Waals surface area contributed by atoms with Gasteiger partial charge in [0.25, 0.3) is 0 Å². The highest BCUT2D eigenvalue weighted by Gasteiger charge is 2.14. The van der Waals surface area contributed by atoms with Gasteiger partial charge in [0, 0.05) is 43.1 Å². The lowest BCUT2D eigenvalue weighted by molar-refractivity contribution is -0.129. The summed E-state index contributed by atoms with van der Waals surface area (Å²) >= 11 is 1.57. The smallest absolute Gasteiger partial charge is 0.228 e. The molecule has 3 aromatic heterocycles. The van der Waals surface area contributed by atoms with Crippen molar-refractivity contribution in [3.8, 4) is 0 Å². The third-order valence-electron chi connectivity index (χ3n) is 4.20. The molecule has 0 saturated heterocycles. The molecule has 0 N–H and O–H groups in total. The van der Waals surface area contributed by atoms with E-state index in [1.165, 1.54) is 5.56 Å². The summed E-state index contributed by atoms with van der Waals surface area (Å²) in [5.74, 6) is 0.0477. The quantitative estimate of drug-likeness (QED) is 0.528. The molecule has 0 unspecified atom stereocenters. The van der Waals surface area contributed by atoms with E-state index in [2.05, 4.69) is 22.2 Å². The molecule has 0 aliphatic heterocycles. The van der Waals surface area contributed by atoms with Gasteiger partial charge in [0.2, 0.25) is 5.91 Å². The zero-order valence-electron chi connectivity index (χ0n) is 14.4. The van der Waals surface area contributed by atoms with Gasteiger partial charge in [-0.05, 0) is 5.56 Å². The average molecular weight is 365 g/mol. The van der Waals surface area contributed by atoms with Crippen molar-refractivity contribution in [2.24, 2.45) is 0 Å². The van der Waals surface area contributed by atoms with E-state index in [1.807, 2.05) is 64.5 Å². The number of carbonyl (C=O) groups excluding carboxylic acids is 1. The fourth-order valence-electron chi connectivity index (χ4n) is 2.86. The second-order valence-corrected chi connectivity index (χ2v) is 7.16. The SMILES string of the molecule is CN(Cc1cnn(Cc2ccccc2)c1)C(=O)Cc1cn2ccsc2n1. The highest BCUT2D eigenvalue weighted by Crippen LogP contribution is 2.13. The third kappa shape index (κ3) is 3.67. The van der Waals surface area contributed by atoms with Crippen molar-refractivity contribution in [1.29, 1.82) is 0 Å². The van der Waals surface area contributed by atoms with Crippen molar-refractivity contribution in [3.05, 3.63) is 77.3 Å². The summed E-state index contributed by atoms with van der Waals surface area (Å²) < 4.78 is 3.84. The van der Waals surface area contributed by atoms with Crippen molar-refractivity contribution in [2.45, 2.75) is 19.5 Å². The molecule has 26 heavy (non-hydrogen) atoms. The largest absolute Gasteiger partial charge is 0.341 e. The first-order valence-corrected chi connectivity index (χ1v) is 9.25. The molecular weight excluding hydrogens is 346 g/mol. The standard InChI is InChI=1S/C19H19N5OS/c1-22(18(25)9-17-14-23-7-8-26-19(23)21-17)11-16-10-20-24(13-16)12-15-5-3-2-4-6-15/h2-8,10,13-14H,9,11-12H2,1H3. The summed E-state index contributed by atoms with van der Waals surface area (Å²) in [5.41, 5.74) is 3.02. The molecule has 4 rings (SSSR count). The molecule has 0 bridgehead atoms. The number of nitrogens with zero attached hydrogens (tertiary/aromatic N) is 5. The number of imidazole rings is 1. The van der Waals surface area contributed by atoms with E-state index in [-0.39, 0.29) is 5.91 Å². The van der Waals surface area contributed by atoms with Gasteiger partial charge in [0.05, 0.1) is 24.9 Å². The molecule has 7 heteroatoms. The van der Waals surface area contributed by atoms with Crippen LogP contribution < -0.4 is 0 Å². The maximum atomic E-state index is 12.5. The Bertz CT molecular complexity index is 988. The lowest BCUT2D eigenvalue weighted by Crippen LogP contribution is -2.27. The molecular formula is C19H19N5OS. The zero-order chi connectivity index (χ0) is 17.9. The number of thiazole rings is 1. The predicted octanol–water partition coefficient (Wildman–Crippen LogP) is 2.84. The van der Waals surface area contributed by atoms with Crippen LogP contribution >= 0.6 is 11.3 Å². The fourth-order valence-corrected chi connectivity index (χ4v) is 3.58. The summed E-state index contributed by atoms with van der Waals surface area (Å²) in [6, 6.07) is 10.2. The second-order valence-electron chi connectivity index (χ2n) is 6.28. The zero-order valence-corrected chi connectivity index (χ0v) is 15.3. The molecule has 3 heterocycles. The van der Waals surface area contributed by atoms with Gasteiger partial charge < -0.3 is 4.90 Å². The minimum absolute atomic E-state index is 0.0477. The van der Waals surface area contributed by atoms with Crippen molar-refractivity contribution in [1.82, 2.24) is 24.1 Å². The number of fused-ring (bicyclic) bond motifs is 1. The number of hydrogen-bond donors (Lipinski definition) is 0. The Kier molecular flexibility index (Phi) is 4.53. The Morgan fingerprint density at radius 1 is 1.19 bits per heavy atom. The van der Waals surface area contributed by atoms with E-state index in [4.69, 9.17) is 0 Å². The van der Waals surface area contributed by atoms with Crippen LogP contribution in [0.1, 0.15) is 16.8 Å². The number of carbonyl (C=O) groups is 1. The maximum absolute atomic E-state index is 12.5. The first-order valence-electron chi connectivity index (χ1n) is 8.38. The van der Waals surface area contributed by atoms with E-state index in [1.54, 1.807) is 16.2 Å². The molecule has 0 aliphatic carbocycles. The third-order valence-corrected chi connectivity index (χ3v) is 4.97. The Balaban J connectivity index is 1.35. The highest BCUT2D eigenvalue weighted by molar-refractivity contribution is 7.15. The van der Waals surface area contributed by atoms with Gasteiger partial charge in [-0.25, -0.2) is 4.98 Å². The van der Waals surface area contributed by atoms with Gasteiger partial charge in [0.1, 0.15) is 0 Å². The average Bonchev–Trinajstić information content (AvgIpc) is 3.32. The van der Waals surface area contributed by atoms with Crippen LogP contribution in [0.5, 0.6) is 0 Å². The van der Waals surface area contributed by atoms with E-state index in [0.717, 1.165) is 22.8 Å². The highest BCUT2D eigenvalue weighted by atomic mass is 32.1. The molecule has 4 aromatic rings. The molecule has 6 nitrogen and oxygen atoms in total. The van der Waals surface area contributed by atoms with E-state index >= 15 is 0 Å². The van der Waals surface area contributed by atoms with Crippen molar-refractivity contribution in [2.75, 3.05) is 7.05 Å². The van der Waals surface area contributed by atoms with Crippen LogP contribution in [-0.4, -0.2) is 37.0 Å². The summed E-state index contributed by atoms with van der Waals surface area (Å²) in [6.45, 7) is 1.26. The van der Waals surface area contributed by atoms with E-state index < -0.39 is 0 Å². The van der Waals surface area contributed by atoms with Crippen LogP contribution in [-0.2, 0) is 24.3 Å². The van der Waals surface area contributed by atoms with Crippen LogP contribution in [0.2, 0.25) is 0 Å². The van der Waals surface area contributed by atoms with Crippen LogP contribution in [0.25, 0.3) is 4.96 Å². The van der Waals surface area contributed by atoms with Gasteiger partial charge in [-0.3, -0.25) is 13.9 Å². The predicted molar refractivity (Wildman–Crippen MR) is 101 cm³/mol. The minimum atomic E-state index is 0.0477. The van der Waals surface area contributed by atoms with Crippen molar-refractivity contribution >= 4 is 22.2 Å². The Labute approximate surface area is 155 Å². The van der Waals surface area contributed by atoms with Crippen LogP contribution in [0.15, 0.2) is 60.5 Å². The molecule has 0 radical (unpaired) electrons. The number of benzene rings is 1.